The summed E-state index contributed by atoms with van der Waals surface area (Å²) in [6, 6.07) is 12.2. The Kier molecular flexibility index (Phi) is 4.26. The van der Waals surface area contributed by atoms with E-state index in [9.17, 15) is 4.79 Å². The largest absolute Gasteiger partial charge is 0.298 e. The predicted molar refractivity (Wildman–Crippen MR) is 97.9 cm³/mol. The maximum absolute atomic E-state index is 12.1. The number of aromatic nitrogens is 1. The van der Waals surface area contributed by atoms with Crippen LogP contribution < -0.4 is 5.32 Å². The molecule has 1 amide bonds. The molecule has 0 atom stereocenters. The van der Waals surface area contributed by atoms with Gasteiger partial charge in [-0.15, -0.1) is 0 Å². The molecule has 0 radical (unpaired) electrons. The first-order chi connectivity index (χ1) is 11.0. The zero-order valence-corrected chi connectivity index (χ0v) is 14.2. The van der Waals surface area contributed by atoms with Crippen LogP contribution in [0, 0.1) is 20.8 Å². The van der Waals surface area contributed by atoms with Gasteiger partial charge in [-0.2, -0.15) is 0 Å². The average Bonchev–Trinajstić information content (AvgIpc) is 2.89. The molecule has 116 valence electrons. The van der Waals surface area contributed by atoms with Crippen molar-refractivity contribution in [3.8, 4) is 0 Å². The minimum Gasteiger partial charge on any atom is -0.298 e. The lowest BCUT2D eigenvalue weighted by Gasteiger charge is -1.97. The van der Waals surface area contributed by atoms with Crippen LogP contribution in [0.25, 0.3) is 16.3 Å². The van der Waals surface area contributed by atoms with Gasteiger partial charge in [-0.3, -0.25) is 10.1 Å². The van der Waals surface area contributed by atoms with E-state index < -0.39 is 0 Å². The Morgan fingerprint density at radius 3 is 2.57 bits per heavy atom. The van der Waals surface area contributed by atoms with Crippen molar-refractivity contribution in [3.63, 3.8) is 0 Å². The molecule has 0 spiro atoms. The Bertz CT molecular complexity index is 892. The van der Waals surface area contributed by atoms with Crippen LogP contribution in [0.5, 0.6) is 0 Å². The van der Waals surface area contributed by atoms with Gasteiger partial charge in [-0.05, 0) is 49.6 Å². The molecule has 0 unspecified atom stereocenters. The van der Waals surface area contributed by atoms with Crippen molar-refractivity contribution in [2.45, 2.75) is 20.8 Å². The summed E-state index contributed by atoms with van der Waals surface area (Å²) in [5.41, 5.74) is 5.49. The molecule has 0 bridgehead atoms. The molecule has 23 heavy (non-hydrogen) atoms. The quantitative estimate of drug-likeness (QED) is 0.699. The third-order valence-electron chi connectivity index (χ3n) is 3.56. The summed E-state index contributed by atoms with van der Waals surface area (Å²) in [4.78, 5) is 16.6. The SMILES string of the molecule is Cc1ccc(/C=C/C(=O)Nc2nc3c(C)cc(C)cc3s2)cc1. The Balaban J connectivity index is 1.75. The van der Waals surface area contributed by atoms with Crippen LogP contribution in [0.3, 0.4) is 0 Å². The highest BCUT2D eigenvalue weighted by Crippen LogP contribution is 2.29. The number of hydrogen-bond donors (Lipinski definition) is 1. The number of anilines is 1. The third kappa shape index (κ3) is 3.66. The van der Waals surface area contributed by atoms with Gasteiger partial charge >= 0.3 is 0 Å². The second-order valence-corrected chi connectivity index (χ2v) is 6.71. The number of nitrogens with zero attached hydrogens (tertiary/aromatic N) is 1. The normalized spacial score (nSPS) is 11.3. The highest BCUT2D eigenvalue weighted by Gasteiger charge is 2.08. The lowest BCUT2D eigenvalue weighted by atomic mass is 10.1. The zero-order valence-electron chi connectivity index (χ0n) is 13.4. The molecular formula is C19H18N2OS. The van der Waals surface area contributed by atoms with Crippen LogP contribution in [0.1, 0.15) is 22.3 Å². The number of benzene rings is 2. The van der Waals surface area contributed by atoms with Gasteiger partial charge in [0.05, 0.1) is 10.2 Å². The van der Waals surface area contributed by atoms with E-state index >= 15 is 0 Å². The standard InChI is InChI=1S/C19H18N2OS/c1-12-4-6-15(7-5-12)8-9-17(22)20-19-21-18-14(3)10-13(2)11-16(18)23-19/h4-11H,1-3H3,(H,20,21,22)/b9-8+. The molecule has 0 fully saturated rings. The third-order valence-corrected chi connectivity index (χ3v) is 4.48. The highest BCUT2D eigenvalue weighted by molar-refractivity contribution is 7.22. The van der Waals surface area contributed by atoms with E-state index in [1.54, 1.807) is 6.08 Å². The smallest absolute Gasteiger partial charge is 0.250 e. The Morgan fingerprint density at radius 1 is 1.09 bits per heavy atom. The van der Waals surface area contributed by atoms with Gasteiger partial charge in [0.15, 0.2) is 5.13 Å². The Labute approximate surface area is 139 Å². The van der Waals surface area contributed by atoms with Crippen molar-refractivity contribution >= 4 is 38.7 Å². The number of aryl methyl sites for hydroxylation is 3. The van der Waals surface area contributed by atoms with Gasteiger partial charge in [0, 0.05) is 6.08 Å². The van der Waals surface area contributed by atoms with Crippen LogP contribution in [0.15, 0.2) is 42.5 Å². The molecule has 3 aromatic rings. The minimum atomic E-state index is -0.168. The van der Waals surface area contributed by atoms with E-state index in [1.165, 1.54) is 28.5 Å². The summed E-state index contributed by atoms with van der Waals surface area (Å²) < 4.78 is 1.10. The van der Waals surface area contributed by atoms with Crippen LogP contribution in [-0.2, 0) is 4.79 Å². The van der Waals surface area contributed by atoms with Crippen molar-refractivity contribution in [1.29, 1.82) is 0 Å². The van der Waals surface area contributed by atoms with Gasteiger partial charge in [-0.25, -0.2) is 4.98 Å². The van der Waals surface area contributed by atoms with Crippen molar-refractivity contribution in [2.24, 2.45) is 0 Å². The molecule has 4 heteroatoms. The Hall–Kier alpha value is -2.46. The van der Waals surface area contributed by atoms with Crippen molar-refractivity contribution in [1.82, 2.24) is 4.98 Å². The number of rotatable bonds is 3. The lowest BCUT2D eigenvalue weighted by Crippen LogP contribution is -2.07. The highest BCUT2D eigenvalue weighted by atomic mass is 32.1. The van der Waals surface area contributed by atoms with Crippen LogP contribution in [-0.4, -0.2) is 10.9 Å². The number of fused-ring (bicyclic) bond motifs is 1. The molecular weight excluding hydrogens is 304 g/mol. The molecule has 1 aromatic heterocycles. The molecule has 1 heterocycles. The molecule has 0 aliphatic heterocycles. The molecule has 0 saturated heterocycles. The lowest BCUT2D eigenvalue weighted by molar-refractivity contribution is -0.111. The monoisotopic (exact) mass is 322 g/mol. The Morgan fingerprint density at radius 2 is 1.83 bits per heavy atom. The molecule has 0 saturated carbocycles. The van der Waals surface area contributed by atoms with Gasteiger partial charge in [-0.1, -0.05) is 47.2 Å². The summed E-state index contributed by atoms with van der Waals surface area (Å²) in [7, 11) is 0. The van der Waals surface area contributed by atoms with Crippen molar-refractivity contribution in [2.75, 3.05) is 5.32 Å². The molecule has 3 nitrogen and oxygen atoms in total. The summed E-state index contributed by atoms with van der Waals surface area (Å²) in [5.74, 6) is -0.168. The van der Waals surface area contributed by atoms with E-state index in [1.807, 2.05) is 38.1 Å². The number of hydrogen-bond acceptors (Lipinski definition) is 3. The van der Waals surface area contributed by atoms with Gasteiger partial charge in [0.2, 0.25) is 5.91 Å². The van der Waals surface area contributed by atoms with Gasteiger partial charge in [0.1, 0.15) is 0 Å². The van der Waals surface area contributed by atoms with E-state index in [-0.39, 0.29) is 5.91 Å². The fourth-order valence-corrected chi connectivity index (χ4v) is 3.47. The van der Waals surface area contributed by atoms with Crippen LogP contribution >= 0.6 is 11.3 Å². The van der Waals surface area contributed by atoms with E-state index in [0.29, 0.717) is 5.13 Å². The summed E-state index contributed by atoms with van der Waals surface area (Å²) >= 11 is 1.50. The zero-order chi connectivity index (χ0) is 16.4. The van der Waals surface area contributed by atoms with Crippen LogP contribution in [0.4, 0.5) is 5.13 Å². The topological polar surface area (TPSA) is 42.0 Å². The number of thiazole rings is 1. The van der Waals surface area contributed by atoms with Gasteiger partial charge in [0.25, 0.3) is 0 Å². The van der Waals surface area contributed by atoms with Gasteiger partial charge < -0.3 is 0 Å². The molecule has 2 aromatic carbocycles. The van der Waals surface area contributed by atoms with E-state index in [0.717, 1.165) is 21.3 Å². The molecule has 0 aliphatic carbocycles. The van der Waals surface area contributed by atoms with E-state index in [4.69, 9.17) is 0 Å². The molecule has 3 rings (SSSR count). The fourth-order valence-electron chi connectivity index (χ4n) is 2.42. The fraction of sp³-hybridized carbons (Fsp3) is 0.158. The predicted octanol–water partition coefficient (Wildman–Crippen LogP) is 4.87. The summed E-state index contributed by atoms with van der Waals surface area (Å²) in [6.45, 7) is 6.14. The summed E-state index contributed by atoms with van der Waals surface area (Å²) in [5, 5.41) is 3.47. The van der Waals surface area contributed by atoms with Crippen molar-refractivity contribution < 1.29 is 4.79 Å². The van der Waals surface area contributed by atoms with E-state index in [2.05, 4.69) is 29.4 Å². The number of nitrogens with one attached hydrogen (secondary N) is 1. The summed E-state index contributed by atoms with van der Waals surface area (Å²) in [6.07, 6.45) is 3.34. The second kappa shape index (κ2) is 6.34. The first-order valence-electron chi connectivity index (χ1n) is 7.45. The first-order valence-corrected chi connectivity index (χ1v) is 8.26. The maximum atomic E-state index is 12.1. The average molecular weight is 322 g/mol. The molecule has 1 N–H and O–H groups in total. The number of amides is 1. The minimum absolute atomic E-state index is 0.168. The van der Waals surface area contributed by atoms with Crippen LogP contribution in [0.2, 0.25) is 0 Å². The first kappa shape index (κ1) is 15.4. The maximum Gasteiger partial charge on any atom is 0.250 e. The number of carbonyl (C=O) groups is 1. The van der Waals surface area contributed by atoms with Crippen molar-refractivity contribution in [3.05, 3.63) is 64.7 Å². The number of carbonyl (C=O) groups excluding carboxylic acids is 1. The molecule has 0 aliphatic rings. The second-order valence-electron chi connectivity index (χ2n) is 5.68.